The van der Waals surface area contributed by atoms with Crippen LogP contribution in [0.15, 0.2) is 24.3 Å². The van der Waals surface area contributed by atoms with E-state index in [2.05, 4.69) is 21.8 Å². The Hall–Kier alpha value is -0.660. The van der Waals surface area contributed by atoms with Crippen LogP contribution in [0.25, 0.3) is 10.1 Å². The van der Waals surface area contributed by atoms with Crippen LogP contribution < -0.4 is 4.72 Å². The quantitative estimate of drug-likeness (QED) is 0.913. The maximum Gasteiger partial charge on any atom is 0.208 e. The first-order valence-corrected chi connectivity index (χ1v) is 10.4. The predicted octanol–water partition coefficient (Wildman–Crippen LogP) is 3.07. The highest BCUT2D eigenvalue weighted by atomic mass is 35.5. The molecule has 3 rings (SSSR count). The van der Waals surface area contributed by atoms with Crippen molar-refractivity contribution in [1.82, 2.24) is 9.62 Å². The lowest BCUT2D eigenvalue weighted by atomic mass is 10.1. The summed E-state index contributed by atoms with van der Waals surface area (Å²) in [4.78, 5) is 3.54. The van der Waals surface area contributed by atoms with Crippen LogP contribution in [0.3, 0.4) is 0 Å². The summed E-state index contributed by atoms with van der Waals surface area (Å²) in [6.07, 6.45) is 2.90. The van der Waals surface area contributed by atoms with Gasteiger partial charge in [-0.15, -0.1) is 11.3 Å². The summed E-state index contributed by atoms with van der Waals surface area (Å²) in [6.45, 7) is 2.61. The van der Waals surface area contributed by atoms with Crippen LogP contribution >= 0.6 is 22.9 Å². The molecule has 7 heteroatoms. The summed E-state index contributed by atoms with van der Waals surface area (Å²) in [5.74, 6) is 0. The topological polar surface area (TPSA) is 49.4 Å². The molecule has 0 spiro atoms. The Bertz CT molecular complexity index is 765. The second-order valence-electron chi connectivity index (χ2n) is 5.78. The fraction of sp³-hybridized carbons (Fsp3) is 0.467. The molecule has 0 radical (unpaired) electrons. The Labute approximate surface area is 140 Å². The Balaban J connectivity index is 1.64. The Morgan fingerprint density at radius 2 is 2.00 bits per heavy atom. The zero-order valence-corrected chi connectivity index (χ0v) is 14.8. The van der Waals surface area contributed by atoms with Crippen LogP contribution in [-0.2, 0) is 16.6 Å². The first-order chi connectivity index (χ1) is 10.4. The maximum atomic E-state index is 11.3. The molecule has 0 aliphatic carbocycles. The van der Waals surface area contributed by atoms with Crippen molar-refractivity contribution in [2.24, 2.45) is 0 Å². The number of nitrogens with one attached hydrogen (secondary N) is 1. The van der Waals surface area contributed by atoms with Gasteiger partial charge in [0.2, 0.25) is 10.0 Å². The average Bonchev–Trinajstić information content (AvgIpc) is 2.77. The van der Waals surface area contributed by atoms with Crippen molar-refractivity contribution in [3.8, 4) is 0 Å². The molecule has 2 aromatic rings. The molecular weight excluding hydrogens is 340 g/mol. The molecule has 1 fully saturated rings. The van der Waals surface area contributed by atoms with Crippen molar-refractivity contribution in [2.45, 2.75) is 25.4 Å². The van der Waals surface area contributed by atoms with Gasteiger partial charge in [0.15, 0.2) is 0 Å². The van der Waals surface area contributed by atoms with Gasteiger partial charge in [0.25, 0.3) is 0 Å². The molecule has 0 amide bonds. The highest BCUT2D eigenvalue weighted by Gasteiger charge is 2.22. The lowest BCUT2D eigenvalue weighted by molar-refractivity contribution is 0.201. The van der Waals surface area contributed by atoms with E-state index in [1.807, 2.05) is 12.1 Å². The minimum Gasteiger partial charge on any atom is -0.298 e. The van der Waals surface area contributed by atoms with Crippen molar-refractivity contribution in [3.05, 3.63) is 34.2 Å². The third kappa shape index (κ3) is 3.81. The summed E-state index contributed by atoms with van der Waals surface area (Å²) >= 11 is 8.23. The molecule has 0 unspecified atom stereocenters. The molecule has 1 aliphatic heterocycles. The third-order valence-electron chi connectivity index (χ3n) is 3.94. The number of likely N-dealkylation sites (tertiary alicyclic amines) is 1. The summed E-state index contributed by atoms with van der Waals surface area (Å²) < 4.78 is 26.5. The van der Waals surface area contributed by atoms with Gasteiger partial charge < -0.3 is 0 Å². The second kappa shape index (κ2) is 6.45. The zero-order valence-electron chi connectivity index (χ0n) is 12.4. The number of nitrogens with zero attached hydrogens (tertiary/aromatic N) is 1. The average molecular weight is 359 g/mol. The normalized spacial score (nSPS) is 18.1. The first-order valence-electron chi connectivity index (χ1n) is 7.28. The summed E-state index contributed by atoms with van der Waals surface area (Å²) in [5, 5.41) is 1.98. The van der Waals surface area contributed by atoms with Crippen LogP contribution in [0.5, 0.6) is 0 Å². The first kappa shape index (κ1) is 16.2. The highest BCUT2D eigenvalue weighted by molar-refractivity contribution is 7.88. The lowest BCUT2D eigenvalue weighted by Crippen LogP contribution is -2.43. The van der Waals surface area contributed by atoms with E-state index < -0.39 is 10.0 Å². The molecule has 4 nitrogen and oxygen atoms in total. The van der Waals surface area contributed by atoms with E-state index in [1.54, 1.807) is 11.3 Å². The number of fused-ring (bicyclic) bond motifs is 1. The number of sulfonamides is 1. The van der Waals surface area contributed by atoms with E-state index in [0.717, 1.165) is 42.9 Å². The molecule has 0 bridgehead atoms. The molecule has 0 saturated carbocycles. The number of thiophene rings is 1. The molecule has 1 N–H and O–H groups in total. The second-order valence-corrected chi connectivity index (χ2v) is 9.07. The lowest BCUT2D eigenvalue weighted by Gasteiger charge is -2.31. The molecule has 0 atom stereocenters. The fourth-order valence-electron chi connectivity index (χ4n) is 2.88. The maximum absolute atomic E-state index is 11.3. The molecule has 22 heavy (non-hydrogen) atoms. The van der Waals surface area contributed by atoms with Crippen molar-refractivity contribution in [1.29, 1.82) is 0 Å². The van der Waals surface area contributed by atoms with E-state index >= 15 is 0 Å². The van der Waals surface area contributed by atoms with Gasteiger partial charge >= 0.3 is 0 Å². The van der Waals surface area contributed by atoms with E-state index in [1.165, 1.54) is 15.8 Å². The van der Waals surface area contributed by atoms with Crippen molar-refractivity contribution in [2.75, 3.05) is 19.3 Å². The standard InChI is InChI=1S/C15H19ClN2O2S2/c1-22(19,20)17-11-6-8-18(9-7-11)10-14-15(16)12-4-2-3-5-13(12)21-14/h2-5,11,17H,6-10H2,1H3. The summed E-state index contributed by atoms with van der Waals surface area (Å²) in [6, 6.07) is 8.25. The van der Waals surface area contributed by atoms with E-state index in [-0.39, 0.29) is 6.04 Å². The number of rotatable bonds is 4. The van der Waals surface area contributed by atoms with Crippen LogP contribution in [0.4, 0.5) is 0 Å². The summed E-state index contributed by atoms with van der Waals surface area (Å²) in [5.41, 5.74) is 0. The third-order valence-corrected chi connectivity index (χ3v) is 6.40. The van der Waals surface area contributed by atoms with E-state index in [9.17, 15) is 8.42 Å². The van der Waals surface area contributed by atoms with Gasteiger partial charge in [0, 0.05) is 40.6 Å². The van der Waals surface area contributed by atoms with Gasteiger partial charge in [-0.1, -0.05) is 29.8 Å². The number of hydrogen-bond acceptors (Lipinski definition) is 4. The smallest absolute Gasteiger partial charge is 0.208 e. The Morgan fingerprint density at radius 3 is 2.64 bits per heavy atom. The SMILES string of the molecule is CS(=O)(=O)NC1CCN(Cc2sc3ccccc3c2Cl)CC1. The van der Waals surface area contributed by atoms with Crippen LogP contribution in [0.2, 0.25) is 5.02 Å². The number of hydrogen-bond donors (Lipinski definition) is 1. The fourth-order valence-corrected chi connectivity index (χ4v) is 5.26. The minimum absolute atomic E-state index is 0.0594. The molecule has 1 aliphatic rings. The van der Waals surface area contributed by atoms with E-state index in [0.29, 0.717) is 0 Å². The molecule has 1 aromatic heterocycles. The van der Waals surface area contributed by atoms with Gasteiger partial charge in [-0.05, 0) is 18.9 Å². The van der Waals surface area contributed by atoms with Crippen molar-refractivity contribution >= 4 is 43.0 Å². The van der Waals surface area contributed by atoms with Gasteiger partial charge in [0.05, 0.1) is 11.3 Å². The van der Waals surface area contributed by atoms with Crippen molar-refractivity contribution < 1.29 is 8.42 Å². The predicted molar refractivity (Wildman–Crippen MR) is 93.1 cm³/mol. The number of halogens is 1. The monoisotopic (exact) mass is 358 g/mol. The van der Waals surface area contributed by atoms with Gasteiger partial charge in [-0.2, -0.15) is 0 Å². The highest BCUT2D eigenvalue weighted by Crippen LogP contribution is 2.36. The summed E-state index contributed by atoms with van der Waals surface area (Å²) in [7, 11) is -3.11. The number of benzene rings is 1. The minimum atomic E-state index is -3.11. The molecule has 2 heterocycles. The van der Waals surface area contributed by atoms with E-state index in [4.69, 9.17) is 11.6 Å². The Kier molecular flexibility index (Phi) is 4.75. The zero-order chi connectivity index (χ0) is 15.7. The largest absolute Gasteiger partial charge is 0.298 e. The van der Waals surface area contributed by atoms with Crippen molar-refractivity contribution in [3.63, 3.8) is 0 Å². The molecular formula is C15H19ClN2O2S2. The van der Waals surface area contributed by atoms with Crippen LogP contribution in [0.1, 0.15) is 17.7 Å². The van der Waals surface area contributed by atoms with Crippen LogP contribution in [-0.4, -0.2) is 38.7 Å². The Morgan fingerprint density at radius 1 is 1.32 bits per heavy atom. The van der Waals surface area contributed by atoms with Gasteiger partial charge in [-0.3, -0.25) is 4.90 Å². The molecule has 1 aromatic carbocycles. The van der Waals surface area contributed by atoms with Gasteiger partial charge in [0.1, 0.15) is 0 Å². The van der Waals surface area contributed by atoms with Gasteiger partial charge in [-0.25, -0.2) is 13.1 Å². The van der Waals surface area contributed by atoms with Crippen LogP contribution in [0, 0.1) is 0 Å². The molecule has 120 valence electrons. The molecule has 1 saturated heterocycles. The number of piperidine rings is 1.